The van der Waals surface area contributed by atoms with Crippen LogP contribution < -0.4 is 5.32 Å². The van der Waals surface area contributed by atoms with E-state index in [0.717, 1.165) is 32.8 Å². The minimum Gasteiger partial charge on any atom is -0.369 e. The van der Waals surface area contributed by atoms with Crippen LogP contribution in [0.1, 0.15) is 36.9 Å². The molecule has 110 valence electrons. The zero-order valence-corrected chi connectivity index (χ0v) is 14.2. The molecule has 0 saturated heterocycles. The average molecular weight is 397 g/mol. The summed E-state index contributed by atoms with van der Waals surface area (Å²) in [4.78, 5) is 9.29. The predicted octanol–water partition coefficient (Wildman–Crippen LogP) is 4.50. The van der Waals surface area contributed by atoms with Gasteiger partial charge in [-0.15, -0.1) is 0 Å². The smallest absolute Gasteiger partial charge is 0.161 e. The van der Waals surface area contributed by atoms with Crippen molar-refractivity contribution in [2.24, 2.45) is 0 Å². The maximum Gasteiger partial charge on any atom is 0.161 e. The summed E-state index contributed by atoms with van der Waals surface area (Å²) in [5.74, 6) is 1.75. The molecule has 0 bridgehead atoms. The number of halogens is 2. The molecular formula is C16H17FIN3. The summed E-state index contributed by atoms with van der Waals surface area (Å²) in [6.07, 6.45) is 2.36. The first-order chi connectivity index (χ1) is 10.1. The molecule has 0 spiro atoms. The van der Waals surface area contributed by atoms with E-state index in [9.17, 15) is 4.39 Å². The molecule has 1 fully saturated rings. The van der Waals surface area contributed by atoms with Crippen LogP contribution in [0.4, 0.5) is 10.2 Å². The fourth-order valence-electron chi connectivity index (χ4n) is 2.37. The summed E-state index contributed by atoms with van der Waals surface area (Å²) in [5.41, 5.74) is 2.72. The van der Waals surface area contributed by atoms with Crippen LogP contribution in [0.3, 0.4) is 0 Å². The van der Waals surface area contributed by atoms with E-state index < -0.39 is 0 Å². The van der Waals surface area contributed by atoms with Gasteiger partial charge in [-0.3, -0.25) is 0 Å². The van der Waals surface area contributed by atoms with Gasteiger partial charge in [-0.25, -0.2) is 14.4 Å². The topological polar surface area (TPSA) is 37.8 Å². The summed E-state index contributed by atoms with van der Waals surface area (Å²) < 4.78 is 14.7. The van der Waals surface area contributed by atoms with Gasteiger partial charge in [0.05, 0.1) is 9.26 Å². The van der Waals surface area contributed by atoms with Crippen LogP contribution in [0.2, 0.25) is 0 Å². The Kier molecular flexibility index (Phi) is 4.10. The second-order valence-corrected chi connectivity index (χ2v) is 6.50. The molecule has 5 heteroatoms. The molecule has 21 heavy (non-hydrogen) atoms. The lowest BCUT2D eigenvalue weighted by atomic mass is 10.1. The van der Waals surface area contributed by atoms with Crippen molar-refractivity contribution < 1.29 is 4.39 Å². The number of nitrogens with zero attached hydrogens (tertiary/aromatic N) is 2. The maximum absolute atomic E-state index is 13.6. The Morgan fingerprint density at radius 2 is 2.05 bits per heavy atom. The van der Waals surface area contributed by atoms with Crippen molar-refractivity contribution in [3.63, 3.8) is 0 Å². The molecule has 3 nitrogen and oxygen atoms in total. The third-order valence-corrected chi connectivity index (χ3v) is 4.55. The maximum atomic E-state index is 13.6. The zero-order valence-electron chi connectivity index (χ0n) is 12.1. The van der Waals surface area contributed by atoms with Gasteiger partial charge in [-0.1, -0.05) is 0 Å². The molecule has 1 aromatic carbocycles. The molecular weight excluding hydrogens is 380 g/mol. The van der Waals surface area contributed by atoms with Crippen LogP contribution in [0, 0.1) is 16.3 Å². The van der Waals surface area contributed by atoms with Crippen molar-refractivity contribution in [3.05, 3.63) is 38.8 Å². The fraction of sp³-hybridized carbons (Fsp3) is 0.375. The van der Waals surface area contributed by atoms with Crippen molar-refractivity contribution in [2.45, 2.75) is 32.6 Å². The Morgan fingerprint density at radius 1 is 1.29 bits per heavy atom. The lowest BCUT2D eigenvalue weighted by Gasteiger charge is -2.12. The fourth-order valence-corrected chi connectivity index (χ4v) is 3.24. The van der Waals surface area contributed by atoms with Crippen molar-refractivity contribution in [1.82, 2.24) is 9.97 Å². The van der Waals surface area contributed by atoms with Gasteiger partial charge >= 0.3 is 0 Å². The van der Waals surface area contributed by atoms with E-state index in [0.29, 0.717) is 11.7 Å². The zero-order chi connectivity index (χ0) is 15.0. The van der Waals surface area contributed by atoms with E-state index in [4.69, 9.17) is 4.98 Å². The molecule has 0 amide bonds. The average Bonchev–Trinajstić information content (AvgIpc) is 3.24. The molecule has 1 aliphatic rings. The summed E-state index contributed by atoms with van der Waals surface area (Å²) in [6, 6.07) is 4.95. The molecule has 0 aliphatic heterocycles. The lowest BCUT2D eigenvalue weighted by molar-refractivity contribution is 0.627. The van der Waals surface area contributed by atoms with Crippen molar-refractivity contribution in [2.75, 3.05) is 11.9 Å². The molecule has 2 aromatic rings. The third-order valence-electron chi connectivity index (χ3n) is 3.49. The SMILES string of the molecule is CCNc1nc(-c2cc(C)cc(F)c2)nc(C2CC2)c1I. The van der Waals surface area contributed by atoms with Crippen molar-refractivity contribution >= 4 is 28.4 Å². The Bertz CT molecular complexity index is 663. The lowest BCUT2D eigenvalue weighted by Crippen LogP contribution is -2.07. The number of anilines is 1. The third kappa shape index (κ3) is 3.17. The van der Waals surface area contributed by atoms with Gasteiger partial charge in [0.1, 0.15) is 11.6 Å². The molecule has 1 aromatic heterocycles. The van der Waals surface area contributed by atoms with Crippen LogP contribution in [0.25, 0.3) is 11.4 Å². The normalized spacial score (nSPS) is 14.3. The quantitative estimate of drug-likeness (QED) is 0.772. The second-order valence-electron chi connectivity index (χ2n) is 5.42. The van der Waals surface area contributed by atoms with Crippen molar-refractivity contribution in [1.29, 1.82) is 0 Å². The highest BCUT2D eigenvalue weighted by Gasteiger charge is 2.29. The molecule has 3 rings (SSSR count). The summed E-state index contributed by atoms with van der Waals surface area (Å²) in [6.45, 7) is 4.73. The molecule has 1 heterocycles. The predicted molar refractivity (Wildman–Crippen MR) is 91.0 cm³/mol. The van der Waals surface area contributed by atoms with Gasteiger partial charge in [0.2, 0.25) is 0 Å². The van der Waals surface area contributed by atoms with E-state index >= 15 is 0 Å². The van der Waals surface area contributed by atoms with E-state index in [1.807, 2.05) is 19.9 Å². The number of hydrogen-bond acceptors (Lipinski definition) is 3. The number of hydrogen-bond donors (Lipinski definition) is 1. The molecule has 1 saturated carbocycles. The highest BCUT2D eigenvalue weighted by molar-refractivity contribution is 14.1. The van der Waals surface area contributed by atoms with Gasteiger partial charge < -0.3 is 5.32 Å². The Hall–Kier alpha value is -1.24. The summed E-state index contributed by atoms with van der Waals surface area (Å²) in [5, 5.41) is 3.29. The van der Waals surface area contributed by atoms with E-state index in [1.165, 1.54) is 25.0 Å². The Morgan fingerprint density at radius 3 is 2.67 bits per heavy atom. The number of nitrogens with one attached hydrogen (secondary N) is 1. The molecule has 1 N–H and O–H groups in total. The minimum atomic E-state index is -0.245. The van der Waals surface area contributed by atoms with Gasteiger partial charge in [-0.2, -0.15) is 0 Å². The summed E-state index contributed by atoms with van der Waals surface area (Å²) in [7, 11) is 0. The van der Waals surface area contributed by atoms with Crippen LogP contribution in [-0.4, -0.2) is 16.5 Å². The first-order valence-electron chi connectivity index (χ1n) is 7.17. The van der Waals surface area contributed by atoms with E-state index in [2.05, 4.69) is 32.9 Å². The highest BCUT2D eigenvalue weighted by Crippen LogP contribution is 2.43. The number of aryl methyl sites for hydroxylation is 1. The first kappa shape index (κ1) is 14.7. The van der Waals surface area contributed by atoms with Gasteiger partial charge in [-0.05, 0) is 73.0 Å². The van der Waals surface area contributed by atoms with Crippen LogP contribution in [0.15, 0.2) is 18.2 Å². The second kappa shape index (κ2) is 5.87. The number of aromatic nitrogens is 2. The number of rotatable bonds is 4. The largest absolute Gasteiger partial charge is 0.369 e. The number of benzene rings is 1. The molecule has 0 unspecified atom stereocenters. The molecule has 1 aliphatic carbocycles. The van der Waals surface area contributed by atoms with Crippen molar-refractivity contribution in [3.8, 4) is 11.4 Å². The molecule has 0 atom stereocenters. The summed E-state index contributed by atoms with van der Waals surface area (Å²) >= 11 is 2.31. The van der Waals surface area contributed by atoms with E-state index in [-0.39, 0.29) is 5.82 Å². The Balaban J connectivity index is 2.12. The molecule has 0 radical (unpaired) electrons. The van der Waals surface area contributed by atoms with Gasteiger partial charge in [0.25, 0.3) is 0 Å². The highest BCUT2D eigenvalue weighted by atomic mass is 127. The van der Waals surface area contributed by atoms with E-state index in [1.54, 1.807) is 0 Å². The van der Waals surface area contributed by atoms with Crippen LogP contribution >= 0.6 is 22.6 Å². The minimum absolute atomic E-state index is 0.245. The van der Waals surface area contributed by atoms with Gasteiger partial charge in [0.15, 0.2) is 5.82 Å². The first-order valence-corrected chi connectivity index (χ1v) is 8.25. The van der Waals surface area contributed by atoms with Gasteiger partial charge in [0, 0.05) is 18.0 Å². The van der Waals surface area contributed by atoms with Crippen LogP contribution in [-0.2, 0) is 0 Å². The van der Waals surface area contributed by atoms with Crippen LogP contribution in [0.5, 0.6) is 0 Å². The standard InChI is InChI=1S/C16H17FIN3/c1-3-19-16-13(18)14(10-4-5-10)20-15(21-16)11-6-9(2)7-12(17)8-11/h6-8,10H,3-5H2,1-2H3,(H,19,20,21). The monoisotopic (exact) mass is 397 g/mol. The Labute approximate surface area is 137 Å².